The lowest BCUT2D eigenvalue weighted by molar-refractivity contribution is 0.476. The van der Waals surface area contributed by atoms with Crippen molar-refractivity contribution in [2.75, 3.05) is 22.9 Å². The van der Waals surface area contributed by atoms with E-state index in [0.29, 0.717) is 0 Å². The van der Waals surface area contributed by atoms with Gasteiger partial charge in [-0.1, -0.05) is 65.0 Å². The SMILES string of the molecule is Cc1ccc(N2CCN(c3ccc(C)c(C)c3C)C2=C2CCCCC2P(C2CCCCC2)C2CCCCC2)c(C)c1C. The van der Waals surface area contributed by atoms with Crippen LogP contribution >= 0.6 is 7.92 Å². The van der Waals surface area contributed by atoms with Crippen molar-refractivity contribution >= 4 is 19.3 Å². The van der Waals surface area contributed by atoms with Gasteiger partial charge in [0.2, 0.25) is 0 Å². The second-order valence-corrected chi connectivity index (χ2v) is 17.2. The van der Waals surface area contributed by atoms with Gasteiger partial charge in [0.15, 0.2) is 0 Å². The van der Waals surface area contributed by atoms with E-state index in [-0.39, 0.29) is 7.92 Å². The normalized spacial score (nSPS) is 23.0. The molecule has 3 saturated carbocycles. The first-order valence-electron chi connectivity index (χ1n) is 17.6. The minimum atomic E-state index is 0.00425. The highest BCUT2D eigenvalue weighted by atomic mass is 31.1. The molecule has 1 unspecified atom stereocenters. The molecule has 0 bridgehead atoms. The molecule has 2 nitrogen and oxygen atoms in total. The van der Waals surface area contributed by atoms with Crippen LogP contribution in [0.1, 0.15) is 123 Å². The van der Waals surface area contributed by atoms with Crippen LogP contribution in [0.25, 0.3) is 0 Å². The Labute approximate surface area is 259 Å². The van der Waals surface area contributed by atoms with Gasteiger partial charge in [-0.3, -0.25) is 0 Å². The fourth-order valence-corrected chi connectivity index (χ4v) is 13.6. The van der Waals surface area contributed by atoms with Crippen molar-refractivity contribution in [3.63, 3.8) is 0 Å². The molecule has 42 heavy (non-hydrogen) atoms. The van der Waals surface area contributed by atoms with Crippen LogP contribution in [0.5, 0.6) is 0 Å². The number of hydrogen-bond donors (Lipinski definition) is 0. The molecule has 0 amide bonds. The lowest BCUT2D eigenvalue weighted by Gasteiger charge is -2.46. The molecule has 2 aromatic rings. The van der Waals surface area contributed by atoms with E-state index >= 15 is 0 Å². The highest BCUT2D eigenvalue weighted by Gasteiger charge is 2.42. The fourth-order valence-electron chi connectivity index (χ4n) is 8.99. The maximum Gasteiger partial charge on any atom is 0.113 e. The first kappa shape index (κ1) is 30.2. The molecule has 4 aliphatic rings. The smallest absolute Gasteiger partial charge is 0.113 e. The van der Waals surface area contributed by atoms with Crippen molar-refractivity contribution in [3.8, 4) is 0 Å². The topological polar surface area (TPSA) is 6.48 Å². The van der Waals surface area contributed by atoms with E-state index in [0.717, 1.165) is 30.1 Å². The molecule has 0 spiro atoms. The van der Waals surface area contributed by atoms with Crippen LogP contribution in [0, 0.1) is 41.5 Å². The summed E-state index contributed by atoms with van der Waals surface area (Å²) in [7, 11) is 0.00425. The summed E-state index contributed by atoms with van der Waals surface area (Å²) < 4.78 is 0. The summed E-state index contributed by atoms with van der Waals surface area (Å²) in [4.78, 5) is 5.58. The molecular formula is C39H57N2P. The summed E-state index contributed by atoms with van der Waals surface area (Å²) in [5.74, 6) is 1.59. The van der Waals surface area contributed by atoms with E-state index in [4.69, 9.17) is 0 Å². The summed E-state index contributed by atoms with van der Waals surface area (Å²) in [6.45, 7) is 16.1. The molecule has 3 aliphatic carbocycles. The van der Waals surface area contributed by atoms with Crippen LogP contribution in [0.3, 0.4) is 0 Å². The Kier molecular flexibility index (Phi) is 9.40. The Morgan fingerprint density at radius 2 is 0.976 bits per heavy atom. The number of anilines is 2. The van der Waals surface area contributed by atoms with E-state index in [1.54, 1.807) is 5.82 Å². The Balaban J connectivity index is 1.52. The zero-order valence-corrected chi connectivity index (χ0v) is 28.6. The van der Waals surface area contributed by atoms with Gasteiger partial charge in [-0.15, -0.1) is 0 Å². The van der Waals surface area contributed by atoms with Gasteiger partial charge < -0.3 is 9.80 Å². The Morgan fingerprint density at radius 3 is 1.45 bits per heavy atom. The van der Waals surface area contributed by atoms with Crippen LogP contribution in [-0.4, -0.2) is 30.1 Å². The van der Waals surface area contributed by atoms with Gasteiger partial charge in [0.1, 0.15) is 5.82 Å². The average molecular weight is 585 g/mol. The minimum Gasteiger partial charge on any atom is -0.326 e. The van der Waals surface area contributed by atoms with Gasteiger partial charge in [-0.2, -0.15) is 0 Å². The van der Waals surface area contributed by atoms with Gasteiger partial charge in [0, 0.05) is 30.1 Å². The van der Waals surface area contributed by atoms with Crippen LogP contribution in [0.2, 0.25) is 0 Å². The Morgan fingerprint density at radius 1 is 0.524 bits per heavy atom. The Hall–Kier alpha value is -1.79. The molecule has 1 saturated heterocycles. The molecule has 0 radical (unpaired) electrons. The van der Waals surface area contributed by atoms with Crippen molar-refractivity contribution in [3.05, 3.63) is 69.0 Å². The molecule has 228 valence electrons. The van der Waals surface area contributed by atoms with Gasteiger partial charge in [0.05, 0.1) is 0 Å². The predicted molar refractivity (Wildman–Crippen MR) is 186 cm³/mol. The minimum absolute atomic E-state index is 0.00425. The molecular weight excluding hydrogens is 527 g/mol. The number of hydrogen-bond acceptors (Lipinski definition) is 2. The summed E-state index contributed by atoms with van der Waals surface area (Å²) in [6.07, 6.45) is 20.5. The maximum atomic E-state index is 2.79. The second-order valence-electron chi connectivity index (χ2n) is 14.2. The van der Waals surface area contributed by atoms with E-state index in [2.05, 4.69) is 75.6 Å². The highest BCUT2D eigenvalue weighted by molar-refractivity contribution is 7.60. The molecule has 4 fully saturated rings. The average Bonchev–Trinajstić information content (AvgIpc) is 3.44. The van der Waals surface area contributed by atoms with Gasteiger partial charge >= 0.3 is 0 Å². The molecule has 1 atom stereocenters. The standard InChI is InChI=1S/C39H57N2P/c1-27-21-23-36(31(5)29(27)3)40-25-26-41(37-24-22-28(2)30(4)32(37)6)39(40)35-19-13-14-20-38(35)42(33-15-9-7-10-16-33)34-17-11-8-12-18-34/h21-24,33-34,38H,7-20,25-26H2,1-6H3. The number of allylic oxidation sites excluding steroid dienone is 1. The molecule has 1 heterocycles. The molecule has 3 heteroatoms. The van der Waals surface area contributed by atoms with Crippen molar-refractivity contribution in [2.45, 2.75) is 148 Å². The third kappa shape index (κ3) is 5.72. The first-order chi connectivity index (χ1) is 20.4. The van der Waals surface area contributed by atoms with Gasteiger partial charge in [-0.25, -0.2) is 0 Å². The van der Waals surface area contributed by atoms with Crippen LogP contribution in [0.15, 0.2) is 35.7 Å². The van der Waals surface area contributed by atoms with E-state index in [1.807, 2.05) is 5.57 Å². The Bertz CT molecular complexity index is 1210. The van der Waals surface area contributed by atoms with E-state index in [9.17, 15) is 0 Å². The molecule has 0 aromatic heterocycles. The molecule has 0 N–H and O–H groups in total. The predicted octanol–water partition coefficient (Wildman–Crippen LogP) is 11.2. The number of benzene rings is 2. The van der Waals surface area contributed by atoms with Crippen LogP contribution in [0.4, 0.5) is 11.4 Å². The zero-order valence-electron chi connectivity index (χ0n) is 27.7. The quantitative estimate of drug-likeness (QED) is 0.323. The number of rotatable bonds is 5. The number of nitrogens with zero attached hydrogens (tertiary/aromatic N) is 2. The summed E-state index contributed by atoms with van der Waals surface area (Å²) in [6, 6.07) is 9.63. The third-order valence-electron chi connectivity index (χ3n) is 11.9. The molecule has 6 rings (SSSR count). The van der Waals surface area contributed by atoms with E-state index < -0.39 is 0 Å². The van der Waals surface area contributed by atoms with Gasteiger partial charge in [-0.05, 0) is 149 Å². The highest BCUT2D eigenvalue weighted by Crippen LogP contribution is 2.63. The zero-order chi connectivity index (χ0) is 29.4. The summed E-state index contributed by atoms with van der Waals surface area (Å²) in [5, 5.41) is 0. The van der Waals surface area contributed by atoms with Gasteiger partial charge in [0.25, 0.3) is 0 Å². The number of aryl methyl sites for hydroxylation is 2. The largest absolute Gasteiger partial charge is 0.326 e. The maximum absolute atomic E-state index is 2.79. The van der Waals surface area contributed by atoms with Crippen molar-refractivity contribution < 1.29 is 0 Å². The van der Waals surface area contributed by atoms with Crippen LogP contribution < -0.4 is 9.80 Å². The summed E-state index contributed by atoms with van der Waals surface area (Å²) in [5.41, 5.74) is 16.3. The monoisotopic (exact) mass is 584 g/mol. The van der Waals surface area contributed by atoms with Crippen LogP contribution in [-0.2, 0) is 0 Å². The van der Waals surface area contributed by atoms with E-state index in [1.165, 1.54) is 135 Å². The summed E-state index contributed by atoms with van der Waals surface area (Å²) >= 11 is 0. The second kappa shape index (κ2) is 13.1. The van der Waals surface area contributed by atoms with Crippen molar-refractivity contribution in [1.82, 2.24) is 0 Å². The molecule has 1 aliphatic heterocycles. The van der Waals surface area contributed by atoms with Crippen molar-refractivity contribution in [1.29, 1.82) is 0 Å². The lowest BCUT2D eigenvalue weighted by Crippen LogP contribution is -2.34. The first-order valence-corrected chi connectivity index (χ1v) is 19.1. The third-order valence-corrected chi connectivity index (χ3v) is 15.9. The fraction of sp³-hybridized carbons (Fsp3) is 0.641. The molecule has 2 aromatic carbocycles. The lowest BCUT2D eigenvalue weighted by atomic mass is 9.93. The van der Waals surface area contributed by atoms with Crippen molar-refractivity contribution in [2.24, 2.45) is 0 Å².